The molecule has 2 N–H and O–H groups in total. The Bertz CT molecular complexity index is 594. The van der Waals surface area contributed by atoms with E-state index in [-0.39, 0.29) is 5.91 Å². The van der Waals surface area contributed by atoms with Gasteiger partial charge in [-0.05, 0) is 0 Å². The van der Waals surface area contributed by atoms with Crippen LogP contribution in [0, 0.1) is 0 Å². The summed E-state index contributed by atoms with van der Waals surface area (Å²) in [5.41, 5.74) is 1.40. The molecule has 1 fully saturated rings. The Hall–Kier alpha value is -1.83. The van der Waals surface area contributed by atoms with Gasteiger partial charge in [0.05, 0.1) is 6.33 Å². The molecule has 0 aliphatic carbocycles. The molecule has 2 aromatic rings. The first-order valence-electron chi connectivity index (χ1n) is 6.58. The van der Waals surface area contributed by atoms with E-state index >= 15 is 0 Å². The van der Waals surface area contributed by atoms with Gasteiger partial charge in [-0.3, -0.25) is 4.79 Å². The molecule has 0 atom stereocenters. The van der Waals surface area contributed by atoms with Gasteiger partial charge in [0.2, 0.25) is 5.91 Å². The summed E-state index contributed by atoms with van der Waals surface area (Å²) >= 11 is 1.90. The Morgan fingerprint density at radius 1 is 1.35 bits per heavy atom. The van der Waals surface area contributed by atoms with Gasteiger partial charge in [-0.15, -0.1) is 0 Å². The topological polar surface area (TPSA) is 86.8 Å². The fourth-order valence-electron chi connectivity index (χ4n) is 2.16. The number of carbonyl (C=O) groups is 1. The van der Waals surface area contributed by atoms with Crippen LogP contribution in [0.15, 0.2) is 12.7 Å². The molecule has 0 unspecified atom stereocenters. The number of fused-ring (bicyclic) bond motifs is 1. The third kappa shape index (κ3) is 2.84. The molecule has 0 bridgehead atoms. The van der Waals surface area contributed by atoms with E-state index in [9.17, 15) is 4.79 Å². The fraction of sp³-hybridized carbons (Fsp3) is 0.500. The number of carbonyl (C=O) groups excluding carboxylic acids is 1. The van der Waals surface area contributed by atoms with Gasteiger partial charge in [0, 0.05) is 37.6 Å². The lowest BCUT2D eigenvalue weighted by atomic mass is 10.3. The van der Waals surface area contributed by atoms with E-state index in [0.717, 1.165) is 30.1 Å². The molecule has 8 heteroatoms. The maximum Gasteiger partial charge on any atom is 0.224 e. The number of aromatic nitrogens is 4. The highest BCUT2D eigenvalue weighted by atomic mass is 32.2. The van der Waals surface area contributed by atoms with E-state index < -0.39 is 0 Å². The molecule has 20 heavy (non-hydrogen) atoms. The number of imidazole rings is 1. The predicted octanol–water partition coefficient (Wildman–Crippen LogP) is 0.730. The molecular formula is C12H16N6OS. The minimum Gasteiger partial charge on any atom is -0.368 e. The molecule has 1 saturated heterocycles. The number of hydrogen-bond donors (Lipinski definition) is 2. The van der Waals surface area contributed by atoms with Crippen molar-refractivity contribution in [3.63, 3.8) is 0 Å². The summed E-state index contributed by atoms with van der Waals surface area (Å²) in [6, 6.07) is 0. The number of thioether (sulfide) groups is 1. The molecule has 7 nitrogen and oxygen atoms in total. The van der Waals surface area contributed by atoms with E-state index in [4.69, 9.17) is 0 Å². The molecule has 0 saturated carbocycles. The average molecular weight is 292 g/mol. The second-order valence-corrected chi connectivity index (χ2v) is 5.72. The molecule has 0 aromatic carbocycles. The van der Waals surface area contributed by atoms with Gasteiger partial charge in [-0.2, -0.15) is 11.8 Å². The molecular weight excluding hydrogens is 276 g/mol. The second kappa shape index (κ2) is 6.08. The van der Waals surface area contributed by atoms with Gasteiger partial charge in [-0.25, -0.2) is 15.0 Å². The summed E-state index contributed by atoms with van der Waals surface area (Å²) in [6.07, 6.45) is 3.53. The van der Waals surface area contributed by atoms with Crippen molar-refractivity contribution in [2.45, 2.75) is 6.42 Å². The van der Waals surface area contributed by atoms with Crippen molar-refractivity contribution >= 4 is 34.7 Å². The van der Waals surface area contributed by atoms with Crippen LogP contribution in [0.4, 0.5) is 5.82 Å². The molecule has 0 spiro atoms. The van der Waals surface area contributed by atoms with Crippen LogP contribution >= 0.6 is 11.8 Å². The van der Waals surface area contributed by atoms with E-state index in [1.54, 1.807) is 6.33 Å². The largest absolute Gasteiger partial charge is 0.368 e. The molecule has 1 aliphatic rings. The SMILES string of the molecule is O=C(CCNc1ncnc2nc[nH]c12)N1CCSCC1. The van der Waals surface area contributed by atoms with Crippen molar-refractivity contribution in [3.8, 4) is 0 Å². The number of amides is 1. The minimum atomic E-state index is 0.202. The Balaban J connectivity index is 1.54. The summed E-state index contributed by atoms with van der Waals surface area (Å²) in [6.45, 7) is 2.29. The standard InChI is InChI=1S/C12H16N6OS/c19-9(18-3-5-20-6-4-18)1-2-13-11-10-12(15-7-14-10)17-8-16-11/h7-8H,1-6H2,(H2,13,14,15,16,17). The number of nitrogens with one attached hydrogen (secondary N) is 2. The molecule has 1 amide bonds. The van der Waals surface area contributed by atoms with Crippen molar-refractivity contribution in [1.29, 1.82) is 0 Å². The monoisotopic (exact) mass is 292 g/mol. The molecule has 2 aromatic heterocycles. The van der Waals surface area contributed by atoms with Gasteiger partial charge in [0.15, 0.2) is 11.5 Å². The van der Waals surface area contributed by atoms with E-state index in [2.05, 4.69) is 25.3 Å². The van der Waals surface area contributed by atoms with Gasteiger partial charge in [0.25, 0.3) is 0 Å². The second-order valence-electron chi connectivity index (χ2n) is 4.49. The third-order valence-corrected chi connectivity index (χ3v) is 4.16. The van der Waals surface area contributed by atoms with E-state index in [1.807, 2.05) is 16.7 Å². The number of anilines is 1. The zero-order chi connectivity index (χ0) is 13.8. The first-order chi connectivity index (χ1) is 9.84. The van der Waals surface area contributed by atoms with Crippen LogP contribution in [0.1, 0.15) is 6.42 Å². The lowest BCUT2D eigenvalue weighted by Crippen LogP contribution is -2.38. The van der Waals surface area contributed by atoms with Crippen molar-refractivity contribution in [3.05, 3.63) is 12.7 Å². The van der Waals surface area contributed by atoms with Crippen LogP contribution in [-0.2, 0) is 4.79 Å². The summed E-state index contributed by atoms with van der Waals surface area (Å²) in [5, 5.41) is 3.17. The van der Waals surface area contributed by atoms with Crippen LogP contribution in [0.3, 0.4) is 0 Å². The fourth-order valence-corrected chi connectivity index (χ4v) is 3.06. The smallest absolute Gasteiger partial charge is 0.224 e. The summed E-state index contributed by atoms with van der Waals surface area (Å²) in [4.78, 5) is 29.2. The van der Waals surface area contributed by atoms with Crippen molar-refractivity contribution in [2.75, 3.05) is 36.5 Å². The number of aromatic amines is 1. The van der Waals surface area contributed by atoms with Crippen LogP contribution < -0.4 is 5.32 Å². The Morgan fingerprint density at radius 3 is 3.05 bits per heavy atom. The summed E-state index contributed by atoms with van der Waals surface area (Å²) in [5.74, 6) is 2.97. The van der Waals surface area contributed by atoms with Crippen LogP contribution in [-0.4, -0.2) is 61.9 Å². The van der Waals surface area contributed by atoms with Crippen molar-refractivity contribution in [1.82, 2.24) is 24.8 Å². The van der Waals surface area contributed by atoms with Crippen LogP contribution in [0.5, 0.6) is 0 Å². The molecule has 0 radical (unpaired) electrons. The number of rotatable bonds is 4. The molecule has 1 aliphatic heterocycles. The lowest BCUT2D eigenvalue weighted by molar-refractivity contribution is -0.130. The van der Waals surface area contributed by atoms with Gasteiger partial charge < -0.3 is 15.2 Å². The Morgan fingerprint density at radius 2 is 2.20 bits per heavy atom. The molecule has 106 valence electrons. The van der Waals surface area contributed by atoms with Crippen LogP contribution in [0.25, 0.3) is 11.2 Å². The quantitative estimate of drug-likeness (QED) is 0.864. The first-order valence-corrected chi connectivity index (χ1v) is 7.73. The highest BCUT2D eigenvalue weighted by Crippen LogP contribution is 2.14. The van der Waals surface area contributed by atoms with Gasteiger partial charge in [-0.1, -0.05) is 0 Å². The maximum absolute atomic E-state index is 12.0. The summed E-state index contributed by atoms with van der Waals surface area (Å²) in [7, 11) is 0. The van der Waals surface area contributed by atoms with E-state index in [0.29, 0.717) is 24.4 Å². The third-order valence-electron chi connectivity index (χ3n) is 3.22. The van der Waals surface area contributed by atoms with Gasteiger partial charge >= 0.3 is 0 Å². The Kier molecular flexibility index (Phi) is 4.00. The number of nitrogens with zero attached hydrogens (tertiary/aromatic N) is 4. The predicted molar refractivity (Wildman–Crippen MR) is 78.7 cm³/mol. The minimum absolute atomic E-state index is 0.202. The number of H-pyrrole nitrogens is 1. The zero-order valence-electron chi connectivity index (χ0n) is 11.0. The molecule has 3 rings (SSSR count). The van der Waals surface area contributed by atoms with Crippen molar-refractivity contribution < 1.29 is 4.79 Å². The average Bonchev–Trinajstić information content (AvgIpc) is 2.97. The lowest BCUT2D eigenvalue weighted by Gasteiger charge is -2.26. The Labute approximate surface area is 120 Å². The maximum atomic E-state index is 12.0. The zero-order valence-corrected chi connectivity index (χ0v) is 11.8. The van der Waals surface area contributed by atoms with Gasteiger partial charge in [0.1, 0.15) is 11.8 Å². The normalized spacial score (nSPS) is 15.5. The first kappa shape index (κ1) is 13.2. The summed E-state index contributed by atoms with van der Waals surface area (Å²) < 4.78 is 0. The molecule has 3 heterocycles. The number of hydrogen-bond acceptors (Lipinski definition) is 6. The van der Waals surface area contributed by atoms with Crippen LogP contribution in [0.2, 0.25) is 0 Å². The van der Waals surface area contributed by atoms with Crippen molar-refractivity contribution in [2.24, 2.45) is 0 Å². The van der Waals surface area contributed by atoms with E-state index in [1.165, 1.54) is 6.33 Å². The highest BCUT2D eigenvalue weighted by molar-refractivity contribution is 7.99. The highest BCUT2D eigenvalue weighted by Gasteiger charge is 2.16.